The van der Waals surface area contributed by atoms with Crippen molar-refractivity contribution in [3.05, 3.63) is 76.5 Å². The molecule has 1 aromatic heterocycles. The molecule has 0 unspecified atom stereocenters. The summed E-state index contributed by atoms with van der Waals surface area (Å²) < 4.78 is 5.51. The van der Waals surface area contributed by atoms with Crippen molar-refractivity contribution < 1.29 is 14.3 Å². The summed E-state index contributed by atoms with van der Waals surface area (Å²) in [5.74, 6) is -0.373. The van der Waals surface area contributed by atoms with Crippen LogP contribution in [0.5, 0.6) is 0 Å². The molecule has 154 valence electrons. The number of pyridine rings is 1. The molecule has 0 saturated carbocycles. The van der Waals surface area contributed by atoms with E-state index in [1.54, 1.807) is 0 Å². The van der Waals surface area contributed by atoms with Gasteiger partial charge in [0.05, 0.1) is 17.6 Å². The van der Waals surface area contributed by atoms with Crippen molar-refractivity contribution in [2.45, 2.75) is 39.0 Å². The van der Waals surface area contributed by atoms with Crippen LogP contribution >= 0.6 is 0 Å². The SMILES string of the molecule is Cc1ccc(CCC(=O)NCCOC(=O)c2c3c(nc4ccccc24)CCC3)cc1. The van der Waals surface area contributed by atoms with Gasteiger partial charge in [-0.3, -0.25) is 9.78 Å². The molecule has 4 rings (SSSR count). The molecule has 0 bridgehead atoms. The largest absolute Gasteiger partial charge is 0.460 e. The Bertz CT molecular complexity index is 1070. The first-order chi connectivity index (χ1) is 14.6. The second kappa shape index (κ2) is 9.08. The van der Waals surface area contributed by atoms with E-state index in [1.807, 2.05) is 55.5 Å². The van der Waals surface area contributed by atoms with Gasteiger partial charge < -0.3 is 10.1 Å². The number of nitrogens with one attached hydrogen (secondary N) is 1. The smallest absolute Gasteiger partial charge is 0.339 e. The third-order valence-electron chi connectivity index (χ3n) is 5.54. The Morgan fingerprint density at radius 1 is 1.07 bits per heavy atom. The van der Waals surface area contributed by atoms with Crippen molar-refractivity contribution in [1.82, 2.24) is 10.3 Å². The molecule has 1 aliphatic carbocycles. The Morgan fingerprint density at radius 2 is 1.87 bits per heavy atom. The van der Waals surface area contributed by atoms with Crippen LogP contribution in [-0.2, 0) is 28.8 Å². The van der Waals surface area contributed by atoms with Crippen LogP contribution in [0.4, 0.5) is 0 Å². The fourth-order valence-corrected chi connectivity index (χ4v) is 3.95. The van der Waals surface area contributed by atoms with Gasteiger partial charge in [0.25, 0.3) is 0 Å². The summed E-state index contributed by atoms with van der Waals surface area (Å²) in [7, 11) is 0. The highest BCUT2D eigenvalue weighted by molar-refractivity contribution is 6.05. The van der Waals surface area contributed by atoms with Gasteiger partial charge in [-0.1, -0.05) is 48.0 Å². The van der Waals surface area contributed by atoms with Crippen LogP contribution in [0.15, 0.2) is 48.5 Å². The number of carbonyl (C=O) groups is 2. The van der Waals surface area contributed by atoms with E-state index in [4.69, 9.17) is 9.72 Å². The van der Waals surface area contributed by atoms with Crippen molar-refractivity contribution in [3.8, 4) is 0 Å². The summed E-state index contributed by atoms with van der Waals surface area (Å²) in [5, 5.41) is 3.67. The average molecular weight is 402 g/mol. The van der Waals surface area contributed by atoms with E-state index in [1.165, 1.54) is 5.56 Å². The molecule has 0 saturated heterocycles. The van der Waals surface area contributed by atoms with Crippen molar-refractivity contribution in [1.29, 1.82) is 0 Å². The zero-order chi connectivity index (χ0) is 20.9. The van der Waals surface area contributed by atoms with Crippen molar-refractivity contribution in [2.24, 2.45) is 0 Å². The molecule has 0 radical (unpaired) electrons. The predicted octanol–water partition coefficient (Wildman–Crippen LogP) is 3.94. The number of rotatable bonds is 7. The van der Waals surface area contributed by atoms with E-state index in [-0.39, 0.29) is 18.5 Å². The van der Waals surface area contributed by atoms with E-state index in [0.29, 0.717) is 24.9 Å². The number of amides is 1. The van der Waals surface area contributed by atoms with Gasteiger partial charge in [-0.2, -0.15) is 0 Å². The molecular weight excluding hydrogens is 376 g/mol. The number of para-hydroxylation sites is 1. The Balaban J connectivity index is 1.30. The maximum Gasteiger partial charge on any atom is 0.339 e. The molecule has 3 aromatic rings. The maximum atomic E-state index is 12.8. The van der Waals surface area contributed by atoms with Gasteiger partial charge in [0.15, 0.2) is 0 Å². The number of hydrogen-bond donors (Lipinski definition) is 1. The summed E-state index contributed by atoms with van der Waals surface area (Å²) in [6.45, 7) is 2.50. The Labute approximate surface area is 176 Å². The molecule has 5 heteroatoms. The third kappa shape index (κ3) is 4.51. The second-order valence-corrected chi connectivity index (χ2v) is 7.75. The molecule has 5 nitrogen and oxygen atoms in total. The molecule has 1 N–H and O–H groups in total. The Hall–Kier alpha value is -3.21. The van der Waals surface area contributed by atoms with E-state index >= 15 is 0 Å². The van der Waals surface area contributed by atoms with Crippen LogP contribution in [0.25, 0.3) is 10.9 Å². The number of ether oxygens (including phenoxy) is 1. The van der Waals surface area contributed by atoms with Gasteiger partial charge in [0.2, 0.25) is 5.91 Å². The van der Waals surface area contributed by atoms with Crippen LogP contribution in [-0.4, -0.2) is 30.0 Å². The number of aryl methyl sites for hydroxylation is 3. The lowest BCUT2D eigenvalue weighted by molar-refractivity contribution is -0.121. The van der Waals surface area contributed by atoms with Crippen LogP contribution in [0.2, 0.25) is 0 Å². The topological polar surface area (TPSA) is 68.3 Å². The molecule has 2 aromatic carbocycles. The van der Waals surface area contributed by atoms with Gasteiger partial charge in [-0.25, -0.2) is 4.79 Å². The number of esters is 1. The first-order valence-corrected chi connectivity index (χ1v) is 10.5. The molecule has 0 fully saturated rings. The average Bonchev–Trinajstić information content (AvgIpc) is 3.22. The second-order valence-electron chi connectivity index (χ2n) is 7.75. The molecular formula is C25H26N2O3. The molecule has 0 spiro atoms. The molecule has 1 heterocycles. The van der Waals surface area contributed by atoms with Crippen molar-refractivity contribution in [3.63, 3.8) is 0 Å². The lowest BCUT2D eigenvalue weighted by atomic mass is 10.0. The number of fused-ring (bicyclic) bond motifs is 2. The zero-order valence-electron chi connectivity index (χ0n) is 17.2. The normalized spacial score (nSPS) is 12.6. The van der Waals surface area contributed by atoms with Crippen molar-refractivity contribution in [2.75, 3.05) is 13.2 Å². The van der Waals surface area contributed by atoms with Gasteiger partial charge >= 0.3 is 5.97 Å². The monoisotopic (exact) mass is 402 g/mol. The van der Waals surface area contributed by atoms with Gasteiger partial charge in [-0.15, -0.1) is 0 Å². The Kier molecular flexibility index (Phi) is 6.07. The number of aromatic nitrogens is 1. The minimum Gasteiger partial charge on any atom is -0.460 e. The summed E-state index contributed by atoms with van der Waals surface area (Å²) in [5.41, 5.74) is 5.83. The van der Waals surface area contributed by atoms with E-state index < -0.39 is 0 Å². The molecule has 0 atom stereocenters. The summed E-state index contributed by atoms with van der Waals surface area (Å²) in [6.07, 6.45) is 3.88. The van der Waals surface area contributed by atoms with Gasteiger partial charge in [0, 0.05) is 17.5 Å². The van der Waals surface area contributed by atoms with E-state index in [2.05, 4.69) is 5.32 Å². The molecule has 1 amide bonds. The highest BCUT2D eigenvalue weighted by Crippen LogP contribution is 2.30. The number of nitrogens with zero attached hydrogens (tertiary/aromatic N) is 1. The summed E-state index contributed by atoms with van der Waals surface area (Å²) in [4.78, 5) is 29.6. The summed E-state index contributed by atoms with van der Waals surface area (Å²) in [6, 6.07) is 15.9. The fraction of sp³-hybridized carbons (Fsp3) is 0.320. The lowest BCUT2D eigenvalue weighted by Gasteiger charge is -2.12. The van der Waals surface area contributed by atoms with Crippen molar-refractivity contribution >= 4 is 22.8 Å². The van der Waals surface area contributed by atoms with E-state index in [9.17, 15) is 9.59 Å². The minimum absolute atomic E-state index is 0.0399. The Morgan fingerprint density at radius 3 is 2.70 bits per heavy atom. The number of benzene rings is 2. The number of carbonyl (C=O) groups excluding carboxylic acids is 2. The molecule has 0 aliphatic heterocycles. The van der Waals surface area contributed by atoms with Gasteiger partial charge in [0.1, 0.15) is 6.61 Å². The number of hydrogen-bond acceptors (Lipinski definition) is 4. The molecule has 30 heavy (non-hydrogen) atoms. The highest BCUT2D eigenvalue weighted by atomic mass is 16.5. The van der Waals surface area contributed by atoms with Gasteiger partial charge in [-0.05, 0) is 49.8 Å². The van der Waals surface area contributed by atoms with Crippen LogP contribution in [0.3, 0.4) is 0 Å². The predicted molar refractivity (Wildman–Crippen MR) is 117 cm³/mol. The maximum absolute atomic E-state index is 12.8. The minimum atomic E-state index is -0.333. The van der Waals surface area contributed by atoms with Crippen LogP contribution < -0.4 is 5.32 Å². The summed E-state index contributed by atoms with van der Waals surface area (Å²) >= 11 is 0. The quantitative estimate of drug-likeness (QED) is 0.480. The fourth-order valence-electron chi connectivity index (χ4n) is 3.95. The zero-order valence-corrected chi connectivity index (χ0v) is 17.2. The lowest BCUT2D eigenvalue weighted by Crippen LogP contribution is -2.28. The third-order valence-corrected chi connectivity index (χ3v) is 5.54. The standard InChI is InChI=1S/C25H26N2O3/c1-17-9-11-18(12-10-17)13-14-23(28)26-15-16-30-25(29)24-19-5-2-3-7-21(19)27-22-8-4-6-20(22)24/h2-3,5,7,9-12H,4,6,8,13-16H2,1H3,(H,26,28). The molecule has 1 aliphatic rings. The first-order valence-electron chi connectivity index (χ1n) is 10.5. The highest BCUT2D eigenvalue weighted by Gasteiger charge is 2.24. The van der Waals surface area contributed by atoms with E-state index in [0.717, 1.165) is 47.0 Å². The first kappa shape index (κ1) is 20.1. The van der Waals surface area contributed by atoms with Crippen LogP contribution in [0, 0.1) is 6.92 Å². The van der Waals surface area contributed by atoms with Crippen LogP contribution in [0.1, 0.15) is 45.6 Å².